The summed E-state index contributed by atoms with van der Waals surface area (Å²) in [5.41, 5.74) is 0.387. The van der Waals surface area contributed by atoms with Crippen LogP contribution >= 0.6 is 0 Å². The van der Waals surface area contributed by atoms with Crippen LogP contribution in [0.3, 0.4) is 0 Å². The highest BCUT2D eigenvalue weighted by molar-refractivity contribution is 5.93. The Morgan fingerprint density at radius 3 is 2.73 bits per heavy atom. The Morgan fingerprint density at radius 2 is 2.20 bits per heavy atom. The van der Waals surface area contributed by atoms with E-state index in [1.807, 2.05) is 0 Å². The average Bonchev–Trinajstić information content (AvgIpc) is 3.10. The van der Waals surface area contributed by atoms with E-state index in [1.54, 1.807) is 0 Å². The fourth-order valence-corrected chi connectivity index (χ4v) is 1.33. The van der Waals surface area contributed by atoms with Gasteiger partial charge in [0.1, 0.15) is 12.4 Å². The SMILES string of the molecule is N#CC(NC(=O)c1cncnc1)C1CC1. The summed E-state index contributed by atoms with van der Waals surface area (Å²) < 4.78 is 0. The zero-order valence-electron chi connectivity index (χ0n) is 8.05. The number of aromatic nitrogens is 2. The molecule has 0 aromatic carbocycles. The summed E-state index contributed by atoms with van der Waals surface area (Å²) in [6.45, 7) is 0. The Morgan fingerprint density at radius 1 is 1.53 bits per heavy atom. The zero-order chi connectivity index (χ0) is 10.7. The maximum atomic E-state index is 11.6. The second kappa shape index (κ2) is 4.05. The summed E-state index contributed by atoms with van der Waals surface area (Å²) in [7, 11) is 0. The number of nitrogens with zero attached hydrogens (tertiary/aromatic N) is 3. The summed E-state index contributed by atoms with van der Waals surface area (Å²) in [5, 5.41) is 11.5. The second-order valence-electron chi connectivity index (χ2n) is 3.54. The van der Waals surface area contributed by atoms with Gasteiger partial charge in [-0.3, -0.25) is 4.79 Å². The minimum atomic E-state index is -0.377. The van der Waals surface area contributed by atoms with Crippen molar-refractivity contribution in [2.24, 2.45) is 5.92 Å². The molecule has 1 atom stereocenters. The first-order valence-corrected chi connectivity index (χ1v) is 4.77. The Balaban J connectivity index is 2.00. The molecule has 1 N–H and O–H groups in total. The first-order valence-electron chi connectivity index (χ1n) is 4.77. The number of hydrogen-bond donors (Lipinski definition) is 1. The van der Waals surface area contributed by atoms with Crippen LogP contribution in [0.2, 0.25) is 0 Å². The normalized spacial score (nSPS) is 16.5. The molecule has 0 saturated heterocycles. The molecule has 76 valence electrons. The smallest absolute Gasteiger partial charge is 0.255 e. The molecule has 0 aliphatic heterocycles. The number of carbonyl (C=O) groups excluding carboxylic acids is 1. The lowest BCUT2D eigenvalue weighted by Gasteiger charge is -2.09. The van der Waals surface area contributed by atoms with Crippen molar-refractivity contribution < 1.29 is 4.79 Å². The highest BCUT2D eigenvalue weighted by Crippen LogP contribution is 2.32. The van der Waals surface area contributed by atoms with Crippen LogP contribution in [-0.4, -0.2) is 21.9 Å². The van der Waals surface area contributed by atoms with E-state index in [0.717, 1.165) is 12.8 Å². The molecule has 1 aromatic rings. The van der Waals surface area contributed by atoms with Crippen molar-refractivity contribution >= 4 is 5.91 Å². The van der Waals surface area contributed by atoms with Crippen LogP contribution < -0.4 is 5.32 Å². The Hall–Kier alpha value is -1.96. The summed E-state index contributed by atoms with van der Waals surface area (Å²) in [6.07, 6.45) is 6.26. The van der Waals surface area contributed by atoms with Crippen LogP contribution in [0.15, 0.2) is 18.7 Å². The number of nitriles is 1. The van der Waals surface area contributed by atoms with Crippen molar-refractivity contribution in [2.45, 2.75) is 18.9 Å². The third kappa shape index (κ3) is 2.29. The Kier molecular flexibility index (Phi) is 2.59. The van der Waals surface area contributed by atoms with Crippen LogP contribution in [0.4, 0.5) is 0 Å². The average molecular weight is 202 g/mol. The molecular weight excluding hydrogens is 192 g/mol. The van der Waals surface area contributed by atoms with Crippen molar-refractivity contribution in [3.8, 4) is 6.07 Å². The standard InChI is InChI=1S/C10H10N4O/c11-3-9(7-1-2-7)14-10(15)8-4-12-6-13-5-8/h4-7,9H,1-2H2,(H,14,15). The minimum absolute atomic E-state index is 0.283. The molecule has 5 heteroatoms. The Bertz CT molecular complexity index is 394. The maximum absolute atomic E-state index is 11.6. The van der Waals surface area contributed by atoms with E-state index in [0.29, 0.717) is 11.5 Å². The molecule has 1 amide bonds. The van der Waals surface area contributed by atoms with E-state index in [9.17, 15) is 4.79 Å². The molecule has 1 unspecified atom stereocenters. The van der Waals surface area contributed by atoms with Crippen LogP contribution in [0, 0.1) is 17.2 Å². The van der Waals surface area contributed by atoms with Crippen molar-refractivity contribution in [2.75, 3.05) is 0 Å². The largest absolute Gasteiger partial charge is 0.336 e. The van der Waals surface area contributed by atoms with E-state index in [1.165, 1.54) is 18.7 Å². The highest BCUT2D eigenvalue weighted by atomic mass is 16.1. The second-order valence-corrected chi connectivity index (χ2v) is 3.54. The lowest BCUT2D eigenvalue weighted by Crippen LogP contribution is -2.35. The van der Waals surface area contributed by atoms with E-state index >= 15 is 0 Å². The molecule has 1 heterocycles. The molecule has 5 nitrogen and oxygen atoms in total. The molecule has 0 bridgehead atoms. The van der Waals surface area contributed by atoms with E-state index < -0.39 is 0 Å². The van der Waals surface area contributed by atoms with Gasteiger partial charge in [0.2, 0.25) is 0 Å². The topological polar surface area (TPSA) is 78.7 Å². The molecule has 15 heavy (non-hydrogen) atoms. The molecule has 0 spiro atoms. The minimum Gasteiger partial charge on any atom is -0.336 e. The van der Waals surface area contributed by atoms with E-state index in [2.05, 4.69) is 21.4 Å². The monoisotopic (exact) mass is 202 g/mol. The number of hydrogen-bond acceptors (Lipinski definition) is 4. The third-order valence-corrected chi connectivity index (χ3v) is 2.34. The molecule has 1 saturated carbocycles. The highest BCUT2D eigenvalue weighted by Gasteiger charge is 2.32. The van der Waals surface area contributed by atoms with Crippen LogP contribution in [0.5, 0.6) is 0 Å². The maximum Gasteiger partial charge on any atom is 0.255 e. The van der Waals surface area contributed by atoms with Gasteiger partial charge in [-0.25, -0.2) is 9.97 Å². The van der Waals surface area contributed by atoms with Crippen LogP contribution in [0.25, 0.3) is 0 Å². The quantitative estimate of drug-likeness (QED) is 0.774. The molecule has 1 aliphatic rings. The van der Waals surface area contributed by atoms with Gasteiger partial charge in [0.05, 0.1) is 11.6 Å². The van der Waals surface area contributed by atoms with Crippen LogP contribution in [-0.2, 0) is 0 Å². The summed E-state index contributed by atoms with van der Waals surface area (Å²) in [4.78, 5) is 19.1. The summed E-state index contributed by atoms with van der Waals surface area (Å²) >= 11 is 0. The van der Waals surface area contributed by atoms with Crippen molar-refractivity contribution in [3.05, 3.63) is 24.3 Å². The third-order valence-electron chi connectivity index (χ3n) is 2.34. The molecular formula is C10H10N4O. The summed E-state index contributed by atoms with van der Waals surface area (Å²) in [6, 6.07) is 1.71. The molecule has 2 rings (SSSR count). The van der Waals surface area contributed by atoms with E-state index in [4.69, 9.17) is 5.26 Å². The van der Waals surface area contributed by atoms with Gasteiger partial charge in [0.15, 0.2) is 0 Å². The fraction of sp³-hybridized carbons (Fsp3) is 0.400. The van der Waals surface area contributed by atoms with Crippen molar-refractivity contribution in [1.29, 1.82) is 5.26 Å². The number of carbonyl (C=O) groups is 1. The predicted molar refractivity (Wildman–Crippen MR) is 51.6 cm³/mol. The van der Waals surface area contributed by atoms with Crippen molar-refractivity contribution in [3.63, 3.8) is 0 Å². The van der Waals surface area contributed by atoms with Gasteiger partial charge in [-0.1, -0.05) is 0 Å². The first-order chi connectivity index (χ1) is 7.31. The van der Waals surface area contributed by atoms with Gasteiger partial charge in [0.25, 0.3) is 5.91 Å². The van der Waals surface area contributed by atoms with Crippen LogP contribution in [0.1, 0.15) is 23.2 Å². The number of nitrogens with one attached hydrogen (secondary N) is 1. The molecule has 1 aliphatic carbocycles. The van der Waals surface area contributed by atoms with Crippen molar-refractivity contribution in [1.82, 2.24) is 15.3 Å². The zero-order valence-corrected chi connectivity index (χ0v) is 8.05. The van der Waals surface area contributed by atoms with Gasteiger partial charge in [-0.2, -0.15) is 5.26 Å². The predicted octanol–water partition coefficient (Wildman–Crippen LogP) is 0.509. The first kappa shape index (κ1) is 9.59. The molecule has 0 radical (unpaired) electrons. The van der Waals surface area contributed by atoms with Gasteiger partial charge in [0, 0.05) is 12.4 Å². The van der Waals surface area contributed by atoms with Gasteiger partial charge in [-0.05, 0) is 18.8 Å². The summed E-state index contributed by atoms with van der Waals surface area (Å²) in [5.74, 6) is 0.0395. The number of rotatable bonds is 3. The van der Waals surface area contributed by atoms with Gasteiger partial charge >= 0.3 is 0 Å². The lowest BCUT2D eigenvalue weighted by molar-refractivity contribution is 0.0941. The Labute approximate surface area is 87.2 Å². The van der Waals surface area contributed by atoms with Gasteiger partial charge < -0.3 is 5.32 Å². The fourth-order valence-electron chi connectivity index (χ4n) is 1.33. The number of amides is 1. The molecule has 1 fully saturated rings. The molecule has 1 aromatic heterocycles. The van der Waals surface area contributed by atoms with Gasteiger partial charge in [-0.15, -0.1) is 0 Å². The van der Waals surface area contributed by atoms with E-state index in [-0.39, 0.29) is 11.9 Å². The lowest BCUT2D eigenvalue weighted by atomic mass is 10.2.